The normalized spacial score (nSPS) is 11.0. The van der Waals surface area contributed by atoms with E-state index in [1.807, 2.05) is 19.9 Å². The van der Waals surface area contributed by atoms with Crippen LogP contribution in [-0.4, -0.2) is 16.1 Å². The maximum absolute atomic E-state index is 11.5. The van der Waals surface area contributed by atoms with Crippen LogP contribution in [0.25, 0.3) is 22.4 Å². The number of carboxylic acids is 1. The minimum absolute atomic E-state index is 0.162. The third kappa shape index (κ3) is 2.38. The average Bonchev–Trinajstić information content (AvgIpc) is 2.84. The van der Waals surface area contributed by atoms with Crippen LogP contribution in [0.5, 0.6) is 0 Å². The standard InChI is InChI=1S/C16H12ClNO3/c1-8-5-10(17)6-11-12(16(19)20)7-13(18-15(8)11)14-4-3-9(2)21-14/h3-7H,1-2H3,(H,19,20). The van der Waals surface area contributed by atoms with Crippen molar-refractivity contribution < 1.29 is 14.3 Å². The average molecular weight is 302 g/mol. The van der Waals surface area contributed by atoms with Gasteiger partial charge in [0, 0.05) is 10.4 Å². The number of benzene rings is 1. The van der Waals surface area contributed by atoms with Gasteiger partial charge in [-0.05, 0) is 49.7 Å². The van der Waals surface area contributed by atoms with Gasteiger partial charge in [0.2, 0.25) is 0 Å². The third-order valence-corrected chi connectivity index (χ3v) is 3.51. The van der Waals surface area contributed by atoms with Crippen molar-refractivity contribution in [3.63, 3.8) is 0 Å². The van der Waals surface area contributed by atoms with Crippen LogP contribution in [0.3, 0.4) is 0 Å². The molecule has 0 atom stereocenters. The van der Waals surface area contributed by atoms with Crippen molar-refractivity contribution in [1.29, 1.82) is 0 Å². The predicted octanol–water partition coefficient (Wildman–Crippen LogP) is 4.46. The van der Waals surface area contributed by atoms with Crippen molar-refractivity contribution in [2.45, 2.75) is 13.8 Å². The molecule has 0 saturated carbocycles. The Kier molecular flexibility index (Phi) is 3.18. The number of halogens is 1. The summed E-state index contributed by atoms with van der Waals surface area (Å²) in [6.45, 7) is 3.68. The number of fused-ring (bicyclic) bond motifs is 1. The van der Waals surface area contributed by atoms with Crippen LogP contribution in [0.2, 0.25) is 5.02 Å². The Balaban J connectivity index is 2.37. The number of aryl methyl sites for hydroxylation is 2. The Morgan fingerprint density at radius 1 is 1.24 bits per heavy atom. The molecule has 0 aliphatic heterocycles. The van der Waals surface area contributed by atoms with E-state index in [4.69, 9.17) is 16.0 Å². The monoisotopic (exact) mass is 301 g/mol. The molecule has 0 amide bonds. The Morgan fingerprint density at radius 3 is 2.62 bits per heavy atom. The molecular formula is C16H12ClNO3. The van der Waals surface area contributed by atoms with Crippen molar-refractivity contribution in [2.24, 2.45) is 0 Å². The first-order chi connectivity index (χ1) is 9.95. The highest BCUT2D eigenvalue weighted by Gasteiger charge is 2.16. The lowest BCUT2D eigenvalue weighted by Gasteiger charge is -2.08. The van der Waals surface area contributed by atoms with E-state index in [0.717, 1.165) is 11.3 Å². The fourth-order valence-corrected chi connectivity index (χ4v) is 2.60. The van der Waals surface area contributed by atoms with Crippen LogP contribution in [0.1, 0.15) is 21.7 Å². The number of carbonyl (C=O) groups is 1. The van der Waals surface area contributed by atoms with E-state index in [9.17, 15) is 9.90 Å². The van der Waals surface area contributed by atoms with Crippen molar-refractivity contribution in [2.75, 3.05) is 0 Å². The molecular weight excluding hydrogens is 290 g/mol. The van der Waals surface area contributed by atoms with Crippen molar-refractivity contribution >= 4 is 28.5 Å². The van der Waals surface area contributed by atoms with Gasteiger partial charge in [-0.15, -0.1) is 0 Å². The predicted molar refractivity (Wildman–Crippen MR) is 80.9 cm³/mol. The van der Waals surface area contributed by atoms with Gasteiger partial charge >= 0.3 is 5.97 Å². The molecule has 0 spiro atoms. The molecule has 0 radical (unpaired) electrons. The number of furan rings is 1. The second-order valence-corrected chi connectivity index (χ2v) is 5.33. The molecule has 0 fully saturated rings. The van der Waals surface area contributed by atoms with Crippen LogP contribution in [-0.2, 0) is 0 Å². The summed E-state index contributed by atoms with van der Waals surface area (Å²) in [5.41, 5.74) is 2.10. The molecule has 2 heterocycles. The van der Waals surface area contributed by atoms with Crippen molar-refractivity contribution in [3.05, 3.63) is 52.2 Å². The summed E-state index contributed by atoms with van der Waals surface area (Å²) in [4.78, 5) is 16.1. The number of rotatable bonds is 2. The summed E-state index contributed by atoms with van der Waals surface area (Å²) in [5, 5.41) is 10.5. The van der Waals surface area contributed by atoms with E-state index >= 15 is 0 Å². The summed E-state index contributed by atoms with van der Waals surface area (Å²) < 4.78 is 5.54. The molecule has 0 aliphatic carbocycles. The number of hydrogen-bond acceptors (Lipinski definition) is 3. The number of pyridine rings is 1. The zero-order valence-electron chi connectivity index (χ0n) is 11.5. The molecule has 4 nitrogen and oxygen atoms in total. The van der Waals surface area contributed by atoms with E-state index < -0.39 is 5.97 Å². The lowest BCUT2D eigenvalue weighted by molar-refractivity contribution is 0.0699. The van der Waals surface area contributed by atoms with Crippen molar-refractivity contribution in [3.8, 4) is 11.5 Å². The molecule has 3 aromatic rings. The largest absolute Gasteiger partial charge is 0.478 e. The third-order valence-electron chi connectivity index (χ3n) is 3.29. The van der Waals surface area contributed by atoms with E-state index in [2.05, 4.69) is 4.98 Å². The Labute approximate surface area is 126 Å². The molecule has 2 aromatic heterocycles. The van der Waals surface area contributed by atoms with Gasteiger partial charge < -0.3 is 9.52 Å². The molecule has 3 rings (SSSR count). The fourth-order valence-electron chi connectivity index (χ4n) is 2.33. The molecule has 106 valence electrons. The van der Waals surface area contributed by atoms with Gasteiger partial charge in [0.1, 0.15) is 11.5 Å². The summed E-state index contributed by atoms with van der Waals surface area (Å²) >= 11 is 6.02. The molecule has 0 bridgehead atoms. The molecule has 21 heavy (non-hydrogen) atoms. The SMILES string of the molecule is Cc1ccc(-c2cc(C(=O)O)c3cc(Cl)cc(C)c3n2)o1. The van der Waals surface area contributed by atoms with Crippen LogP contribution < -0.4 is 0 Å². The number of hydrogen-bond donors (Lipinski definition) is 1. The summed E-state index contributed by atoms with van der Waals surface area (Å²) in [6.07, 6.45) is 0. The van der Waals surface area contributed by atoms with E-state index in [0.29, 0.717) is 27.4 Å². The lowest BCUT2D eigenvalue weighted by Crippen LogP contribution is -2.01. The maximum atomic E-state index is 11.5. The first kappa shape index (κ1) is 13.6. The topological polar surface area (TPSA) is 63.3 Å². The highest BCUT2D eigenvalue weighted by atomic mass is 35.5. The minimum atomic E-state index is -1.02. The van der Waals surface area contributed by atoms with Gasteiger partial charge in [-0.25, -0.2) is 9.78 Å². The first-order valence-corrected chi connectivity index (χ1v) is 6.74. The van der Waals surface area contributed by atoms with Gasteiger partial charge in [0.25, 0.3) is 0 Å². The van der Waals surface area contributed by atoms with E-state index in [1.165, 1.54) is 6.07 Å². The number of aromatic carboxylic acids is 1. The molecule has 1 N–H and O–H groups in total. The number of nitrogens with zero attached hydrogens (tertiary/aromatic N) is 1. The molecule has 0 unspecified atom stereocenters. The summed E-state index contributed by atoms with van der Waals surface area (Å²) in [7, 11) is 0. The Morgan fingerprint density at radius 2 is 2.00 bits per heavy atom. The number of carboxylic acid groups (broad SMARTS) is 1. The fraction of sp³-hybridized carbons (Fsp3) is 0.125. The lowest BCUT2D eigenvalue weighted by atomic mass is 10.0. The summed E-state index contributed by atoms with van der Waals surface area (Å²) in [5.74, 6) is 0.274. The minimum Gasteiger partial charge on any atom is -0.478 e. The van der Waals surface area contributed by atoms with Crippen LogP contribution in [0.4, 0.5) is 0 Å². The molecule has 1 aromatic carbocycles. The molecule has 0 aliphatic rings. The van der Waals surface area contributed by atoms with Crippen molar-refractivity contribution in [1.82, 2.24) is 4.98 Å². The first-order valence-electron chi connectivity index (χ1n) is 6.36. The molecule has 5 heteroatoms. The quantitative estimate of drug-likeness (QED) is 0.759. The second kappa shape index (κ2) is 4.90. The molecule has 0 saturated heterocycles. The Hall–Kier alpha value is -2.33. The van der Waals surface area contributed by atoms with E-state index in [1.54, 1.807) is 18.2 Å². The number of aromatic nitrogens is 1. The summed E-state index contributed by atoms with van der Waals surface area (Å²) in [6, 6.07) is 8.49. The second-order valence-electron chi connectivity index (χ2n) is 4.89. The van der Waals surface area contributed by atoms with Crippen LogP contribution in [0, 0.1) is 13.8 Å². The van der Waals surface area contributed by atoms with E-state index in [-0.39, 0.29) is 5.56 Å². The zero-order valence-corrected chi connectivity index (χ0v) is 12.2. The zero-order chi connectivity index (χ0) is 15.1. The Bertz CT molecular complexity index is 867. The van der Waals surface area contributed by atoms with Gasteiger partial charge in [0.05, 0.1) is 11.1 Å². The van der Waals surface area contributed by atoms with Gasteiger partial charge in [-0.3, -0.25) is 0 Å². The smallest absolute Gasteiger partial charge is 0.336 e. The van der Waals surface area contributed by atoms with Gasteiger partial charge in [0.15, 0.2) is 5.76 Å². The van der Waals surface area contributed by atoms with Gasteiger partial charge in [-0.1, -0.05) is 11.6 Å². The van der Waals surface area contributed by atoms with Crippen LogP contribution in [0.15, 0.2) is 34.7 Å². The highest BCUT2D eigenvalue weighted by molar-refractivity contribution is 6.31. The maximum Gasteiger partial charge on any atom is 0.336 e. The van der Waals surface area contributed by atoms with Crippen LogP contribution >= 0.6 is 11.6 Å². The van der Waals surface area contributed by atoms with Gasteiger partial charge in [-0.2, -0.15) is 0 Å². The highest BCUT2D eigenvalue weighted by Crippen LogP contribution is 2.30.